The molecule has 0 radical (unpaired) electrons. The van der Waals surface area contributed by atoms with Gasteiger partial charge in [0.2, 0.25) is 0 Å². The summed E-state index contributed by atoms with van der Waals surface area (Å²) in [6.07, 6.45) is 1.48. The molecule has 1 aromatic heterocycles. The van der Waals surface area contributed by atoms with Crippen molar-refractivity contribution in [2.45, 2.75) is 13.5 Å². The molecule has 1 aromatic rings. The number of carbonyl (C=O) groups excluding carboxylic acids is 1. The Balaban J connectivity index is 2.16. The largest absolute Gasteiger partial charge is 0.300 e. The Morgan fingerprint density at radius 3 is 3.19 bits per heavy atom. The Labute approximate surface area is 102 Å². The average Bonchev–Trinajstić information content (AvgIpc) is 2.87. The van der Waals surface area contributed by atoms with Crippen LogP contribution in [0.2, 0.25) is 5.02 Å². The molecule has 1 N–H and O–H groups in total. The van der Waals surface area contributed by atoms with Crippen LogP contribution in [0.4, 0.5) is 0 Å². The fourth-order valence-corrected chi connectivity index (χ4v) is 2.35. The molecule has 16 heavy (non-hydrogen) atoms. The van der Waals surface area contributed by atoms with Gasteiger partial charge in [-0.3, -0.25) is 19.8 Å². The van der Waals surface area contributed by atoms with E-state index in [1.807, 2.05) is 6.92 Å². The van der Waals surface area contributed by atoms with Gasteiger partial charge in [0.05, 0.1) is 17.8 Å². The van der Waals surface area contributed by atoms with Crippen molar-refractivity contribution < 1.29 is 4.79 Å². The molecule has 0 atom stereocenters. The van der Waals surface area contributed by atoms with Crippen molar-refractivity contribution in [3.8, 4) is 0 Å². The highest BCUT2D eigenvalue weighted by Crippen LogP contribution is 2.16. The van der Waals surface area contributed by atoms with Gasteiger partial charge in [0, 0.05) is 12.3 Å². The van der Waals surface area contributed by atoms with Crippen LogP contribution in [-0.4, -0.2) is 33.2 Å². The maximum absolute atomic E-state index is 11.9. The minimum absolute atomic E-state index is 0.252. The molecule has 86 valence electrons. The standard InChI is InChI=1S/C9H11ClN4OS/c1-2-14-7(6(10)5-12-14)8(15)13-9-11-3-4-16-9/h5H,2-4H2,1H3,(H,11,13,15). The number of nitrogens with zero attached hydrogens (tertiary/aromatic N) is 3. The van der Waals surface area contributed by atoms with Crippen LogP contribution in [0.5, 0.6) is 0 Å². The highest BCUT2D eigenvalue weighted by molar-refractivity contribution is 8.14. The van der Waals surface area contributed by atoms with Gasteiger partial charge in [-0.25, -0.2) is 0 Å². The predicted molar refractivity (Wildman–Crippen MR) is 65.1 cm³/mol. The number of aromatic nitrogens is 2. The Morgan fingerprint density at radius 1 is 1.75 bits per heavy atom. The Bertz CT molecular complexity index is 443. The van der Waals surface area contributed by atoms with Gasteiger partial charge in [-0.1, -0.05) is 23.4 Å². The first-order valence-electron chi connectivity index (χ1n) is 4.92. The third kappa shape index (κ3) is 2.22. The second kappa shape index (κ2) is 4.88. The molecular formula is C9H11ClN4OS. The molecule has 7 heteroatoms. The van der Waals surface area contributed by atoms with Crippen molar-refractivity contribution in [3.63, 3.8) is 0 Å². The molecule has 0 unspecified atom stereocenters. The molecular weight excluding hydrogens is 248 g/mol. The first-order valence-corrected chi connectivity index (χ1v) is 6.28. The SMILES string of the molecule is CCn1ncc(Cl)c1C(=O)NC1=NCCS1. The number of hydrogen-bond donors (Lipinski definition) is 1. The number of aliphatic imine (C=N–C) groups is 1. The quantitative estimate of drug-likeness (QED) is 0.872. The van der Waals surface area contributed by atoms with Crippen molar-refractivity contribution in [1.82, 2.24) is 15.1 Å². The number of halogens is 1. The summed E-state index contributed by atoms with van der Waals surface area (Å²) in [4.78, 5) is 16.1. The van der Waals surface area contributed by atoms with E-state index in [4.69, 9.17) is 11.6 Å². The van der Waals surface area contributed by atoms with E-state index in [1.54, 1.807) is 4.68 Å². The summed E-state index contributed by atoms with van der Waals surface area (Å²) < 4.78 is 1.57. The summed E-state index contributed by atoms with van der Waals surface area (Å²) in [6, 6.07) is 0. The van der Waals surface area contributed by atoms with E-state index in [0.717, 1.165) is 12.3 Å². The van der Waals surface area contributed by atoms with Crippen molar-refractivity contribution in [3.05, 3.63) is 16.9 Å². The average molecular weight is 259 g/mol. The minimum atomic E-state index is -0.252. The molecule has 0 aromatic carbocycles. The van der Waals surface area contributed by atoms with Gasteiger partial charge in [0.15, 0.2) is 5.17 Å². The number of hydrogen-bond acceptors (Lipinski definition) is 4. The lowest BCUT2D eigenvalue weighted by molar-refractivity contribution is 0.0967. The highest BCUT2D eigenvalue weighted by atomic mass is 35.5. The van der Waals surface area contributed by atoms with Gasteiger partial charge < -0.3 is 0 Å². The molecule has 2 rings (SSSR count). The lowest BCUT2D eigenvalue weighted by atomic mass is 10.4. The number of carbonyl (C=O) groups is 1. The zero-order valence-electron chi connectivity index (χ0n) is 8.73. The van der Waals surface area contributed by atoms with Crippen molar-refractivity contribution >= 4 is 34.4 Å². The van der Waals surface area contributed by atoms with Gasteiger partial charge in [-0.15, -0.1) is 0 Å². The van der Waals surface area contributed by atoms with Gasteiger partial charge in [-0.05, 0) is 6.92 Å². The molecule has 5 nitrogen and oxygen atoms in total. The molecule has 0 saturated heterocycles. The summed E-state index contributed by atoms with van der Waals surface area (Å²) >= 11 is 7.45. The Morgan fingerprint density at radius 2 is 2.56 bits per heavy atom. The molecule has 0 spiro atoms. The number of rotatable bonds is 2. The number of amides is 1. The van der Waals surface area contributed by atoms with E-state index < -0.39 is 0 Å². The lowest BCUT2D eigenvalue weighted by Crippen LogP contribution is -2.29. The lowest BCUT2D eigenvalue weighted by Gasteiger charge is -2.06. The van der Waals surface area contributed by atoms with E-state index in [-0.39, 0.29) is 5.91 Å². The highest BCUT2D eigenvalue weighted by Gasteiger charge is 2.19. The van der Waals surface area contributed by atoms with E-state index >= 15 is 0 Å². The summed E-state index contributed by atoms with van der Waals surface area (Å²) in [5, 5.41) is 7.75. The van der Waals surface area contributed by atoms with Crippen LogP contribution in [0, 0.1) is 0 Å². The second-order valence-corrected chi connectivity index (χ2v) is 4.64. The first-order chi connectivity index (χ1) is 7.72. The smallest absolute Gasteiger partial charge is 0.277 e. The maximum Gasteiger partial charge on any atom is 0.277 e. The van der Waals surface area contributed by atoms with Crippen LogP contribution < -0.4 is 5.32 Å². The molecule has 1 aliphatic rings. The fraction of sp³-hybridized carbons (Fsp3) is 0.444. The monoisotopic (exact) mass is 258 g/mol. The van der Waals surface area contributed by atoms with E-state index in [0.29, 0.717) is 22.4 Å². The Kier molecular flexibility index (Phi) is 3.50. The van der Waals surface area contributed by atoms with Crippen LogP contribution in [0.25, 0.3) is 0 Å². The number of amidine groups is 1. The number of aryl methyl sites for hydroxylation is 1. The molecule has 1 amide bonds. The van der Waals surface area contributed by atoms with Gasteiger partial charge >= 0.3 is 0 Å². The molecule has 0 aliphatic carbocycles. The topological polar surface area (TPSA) is 59.3 Å². The van der Waals surface area contributed by atoms with E-state index in [2.05, 4.69) is 15.4 Å². The maximum atomic E-state index is 11.9. The molecule has 0 saturated carbocycles. The molecule has 2 heterocycles. The van der Waals surface area contributed by atoms with Crippen molar-refractivity contribution in [1.29, 1.82) is 0 Å². The molecule has 0 bridgehead atoms. The van der Waals surface area contributed by atoms with Crippen LogP contribution in [0.1, 0.15) is 17.4 Å². The van der Waals surface area contributed by atoms with Gasteiger partial charge in [0.1, 0.15) is 5.69 Å². The third-order valence-corrected chi connectivity index (χ3v) is 3.28. The van der Waals surface area contributed by atoms with Crippen LogP contribution in [0.15, 0.2) is 11.2 Å². The summed E-state index contributed by atoms with van der Waals surface area (Å²) in [7, 11) is 0. The number of nitrogens with one attached hydrogen (secondary N) is 1. The number of thioether (sulfide) groups is 1. The van der Waals surface area contributed by atoms with Crippen LogP contribution >= 0.6 is 23.4 Å². The van der Waals surface area contributed by atoms with Gasteiger partial charge in [-0.2, -0.15) is 5.10 Å². The predicted octanol–water partition coefficient (Wildman–Crippen LogP) is 1.39. The van der Waals surface area contributed by atoms with Crippen molar-refractivity contribution in [2.24, 2.45) is 4.99 Å². The van der Waals surface area contributed by atoms with Gasteiger partial charge in [0.25, 0.3) is 5.91 Å². The third-order valence-electron chi connectivity index (χ3n) is 2.12. The zero-order chi connectivity index (χ0) is 11.5. The summed E-state index contributed by atoms with van der Waals surface area (Å²) in [6.45, 7) is 3.26. The van der Waals surface area contributed by atoms with Crippen LogP contribution in [0.3, 0.4) is 0 Å². The van der Waals surface area contributed by atoms with Crippen molar-refractivity contribution in [2.75, 3.05) is 12.3 Å². The first kappa shape index (κ1) is 11.5. The molecule has 0 fully saturated rings. The van der Waals surface area contributed by atoms with Crippen LogP contribution in [-0.2, 0) is 6.54 Å². The Hall–Kier alpha value is -1.01. The normalized spacial score (nSPS) is 15.0. The van der Waals surface area contributed by atoms with E-state index in [9.17, 15) is 4.79 Å². The second-order valence-electron chi connectivity index (χ2n) is 3.15. The minimum Gasteiger partial charge on any atom is -0.300 e. The summed E-state index contributed by atoms with van der Waals surface area (Å²) in [5.74, 6) is 0.661. The summed E-state index contributed by atoms with van der Waals surface area (Å²) in [5.41, 5.74) is 0.388. The fourth-order valence-electron chi connectivity index (χ4n) is 1.40. The molecule has 1 aliphatic heterocycles. The van der Waals surface area contributed by atoms with E-state index in [1.165, 1.54) is 18.0 Å². The zero-order valence-corrected chi connectivity index (χ0v) is 10.3.